The number of hydrogen-bond donors (Lipinski definition) is 3. The average molecular weight is 468 g/mol. The summed E-state index contributed by atoms with van der Waals surface area (Å²) in [5, 5.41) is 14.6. The van der Waals surface area contributed by atoms with Gasteiger partial charge in [0, 0.05) is 21.1 Å². The van der Waals surface area contributed by atoms with Gasteiger partial charge in [-0.1, -0.05) is 12.1 Å². The van der Waals surface area contributed by atoms with Gasteiger partial charge in [0.1, 0.15) is 11.3 Å². The van der Waals surface area contributed by atoms with Gasteiger partial charge in [-0.3, -0.25) is 23.7 Å². The first kappa shape index (κ1) is 22.3. The molecular formula is C20H20N8O6. The number of rotatable bonds is 5. The summed E-state index contributed by atoms with van der Waals surface area (Å²) in [6, 6.07) is 6.43. The van der Waals surface area contributed by atoms with Crippen molar-refractivity contribution in [3.63, 3.8) is 0 Å². The lowest BCUT2D eigenvalue weighted by Gasteiger charge is -2.12. The summed E-state index contributed by atoms with van der Waals surface area (Å²) in [6.45, 7) is 0. The molecule has 14 nitrogen and oxygen atoms in total. The van der Waals surface area contributed by atoms with E-state index in [0.29, 0.717) is 5.75 Å². The number of nitrogens with zero attached hydrogens (tertiary/aromatic N) is 6. The number of fused-ring (bicyclic) bond motifs is 1. The molecule has 1 aromatic carbocycles. The molecule has 0 amide bonds. The molecule has 0 radical (unpaired) electrons. The molecule has 0 fully saturated rings. The molecule has 4 aromatic rings. The van der Waals surface area contributed by atoms with E-state index in [9.17, 15) is 24.3 Å². The molecule has 0 atom stereocenters. The Morgan fingerprint density at radius 3 is 2.50 bits per heavy atom. The smallest absolute Gasteiger partial charge is 0.335 e. The van der Waals surface area contributed by atoms with Gasteiger partial charge in [-0.15, -0.1) is 0 Å². The second-order valence-electron chi connectivity index (χ2n) is 7.25. The van der Waals surface area contributed by atoms with Crippen molar-refractivity contribution < 1.29 is 9.84 Å². The Morgan fingerprint density at radius 2 is 1.79 bits per heavy atom. The number of ether oxygens (including phenoxy) is 1. The van der Waals surface area contributed by atoms with E-state index in [1.165, 1.54) is 36.4 Å². The maximum absolute atomic E-state index is 12.5. The van der Waals surface area contributed by atoms with Crippen LogP contribution in [0.5, 0.6) is 11.6 Å². The minimum atomic E-state index is -0.875. The van der Waals surface area contributed by atoms with E-state index in [4.69, 9.17) is 4.74 Å². The maximum Gasteiger partial charge on any atom is 0.335 e. The molecule has 0 aliphatic carbocycles. The van der Waals surface area contributed by atoms with E-state index >= 15 is 0 Å². The maximum atomic E-state index is 12.5. The van der Waals surface area contributed by atoms with Crippen LogP contribution in [0.15, 0.2) is 48.5 Å². The number of imidazole rings is 1. The highest BCUT2D eigenvalue weighted by atomic mass is 16.5. The summed E-state index contributed by atoms with van der Waals surface area (Å²) in [5.41, 5.74) is -0.0634. The fraction of sp³-hybridized carbons (Fsp3) is 0.200. The van der Waals surface area contributed by atoms with Crippen LogP contribution in [0.3, 0.4) is 0 Å². The van der Waals surface area contributed by atoms with Gasteiger partial charge in [0.2, 0.25) is 11.8 Å². The molecule has 176 valence electrons. The van der Waals surface area contributed by atoms with Crippen molar-refractivity contribution in [3.8, 4) is 17.3 Å². The number of hydrogen-bond acceptors (Lipinski definition) is 9. The van der Waals surface area contributed by atoms with Crippen LogP contribution in [0, 0.1) is 0 Å². The number of aromatic hydroxyl groups is 1. The Hall–Kier alpha value is -4.88. The van der Waals surface area contributed by atoms with Gasteiger partial charge in [-0.05, 0) is 12.1 Å². The molecule has 3 N–H and O–H groups in total. The molecule has 0 spiro atoms. The Balaban J connectivity index is 1.78. The standard InChI is InChI=1S/C20H20N8O6/c1-25-13-14(26(2)20(33)27(3)17(13)31)22-18(25)24-21-9-10-15(29)23-19(32)28(16(10)30)11-7-5-6-8-12(11)34-4/h5-9,30H,1-4H3,(H,22,24)(H,23,29,32)/b21-9-. The second kappa shape index (κ2) is 8.23. The fourth-order valence-electron chi connectivity index (χ4n) is 3.47. The van der Waals surface area contributed by atoms with Crippen LogP contribution in [-0.2, 0) is 21.1 Å². The van der Waals surface area contributed by atoms with Gasteiger partial charge in [-0.25, -0.2) is 19.6 Å². The van der Waals surface area contributed by atoms with Gasteiger partial charge in [0.05, 0.1) is 19.0 Å². The molecule has 0 bridgehead atoms. The molecule has 14 heteroatoms. The lowest BCUT2D eigenvalue weighted by atomic mass is 10.2. The average Bonchev–Trinajstić information content (AvgIpc) is 3.14. The summed E-state index contributed by atoms with van der Waals surface area (Å²) < 4.78 is 9.66. The quantitative estimate of drug-likeness (QED) is 0.247. The molecule has 3 heterocycles. The summed E-state index contributed by atoms with van der Waals surface area (Å²) in [4.78, 5) is 55.7. The molecule has 0 saturated heterocycles. The van der Waals surface area contributed by atoms with E-state index in [0.717, 1.165) is 15.3 Å². The normalized spacial score (nSPS) is 11.4. The van der Waals surface area contributed by atoms with E-state index in [2.05, 4.69) is 20.5 Å². The van der Waals surface area contributed by atoms with Crippen molar-refractivity contribution in [2.24, 2.45) is 26.2 Å². The van der Waals surface area contributed by atoms with Gasteiger partial charge in [0.15, 0.2) is 11.2 Å². The molecule has 34 heavy (non-hydrogen) atoms. The highest BCUT2D eigenvalue weighted by Crippen LogP contribution is 2.24. The van der Waals surface area contributed by atoms with Crippen LogP contribution in [0.2, 0.25) is 0 Å². The summed E-state index contributed by atoms with van der Waals surface area (Å²) in [7, 11) is 5.78. The number of aromatic nitrogens is 6. The van der Waals surface area contributed by atoms with Gasteiger partial charge < -0.3 is 14.4 Å². The first-order chi connectivity index (χ1) is 16.2. The Kier molecular flexibility index (Phi) is 5.40. The topological polar surface area (TPSA) is 171 Å². The molecule has 0 saturated carbocycles. The SMILES string of the molecule is COc1ccccc1-n1c(O)c(/C=N\Nc2nc3c(c(=O)n(C)c(=O)n3C)n2C)c(=O)[nH]c1=O. The van der Waals surface area contributed by atoms with Gasteiger partial charge >= 0.3 is 11.4 Å². The lowest BCUT2D eigenvalue weighted by Crippen LogP contribution is -2.37. The van der Waals surface area contributed by atoms with E-state index < -0.39 is 28.4 Å². The largest absolute Gasteiger partial charge is 0.495 e. The monoisotopic (exact) mass is 468 g/mol. The summed E-state index contributed by atoms with van der Waals surface area (Å²) in [5.74, 6) is -0.275. The zero-order valence-electron chi connectivity index (χ0n) is 18.6. The Labute approximate surface area is 189 Å². The van der Waals surface area contributed by atoms with Crippen LogP contribution in [0.4, 0.5) is 5.95 Å². The zero-order valence-corrected chi connectivity index (χ0v) is 18.6. The first-order valence-corrected chi connectivity index (χ1v) is 9.80. The minimum Gasteiger partial charge on any atom is -0.495 e. The third-order valence-corrected chi connectivity index (χ3v) is 5.28. The van der Waals surface area contributed by atoms with Crippen molar-refractivity contribution >= 4 is 23.3 Å². The van der Waals surface area contributed by atoms with Gasteiger partial charge in [-0.2, -0.15) is 10.1 Å². The van der Waals surface area contributed by atoms with Gasteiger partial charge in [0.25, 0.3) is 11.1 Å². The Morgan fingerprint density at radius 1 is 1.09 bits per heavy atom. The third kappa shape index (κ3) is 3.37. The molecule has 0 aliphatic rings. The number of benzene rings is 1. The van der Waals surface area contributed by atoms with Crippen LogP contribution in [0.25, 0.3) is 16.9 Å². The molecule has 3 aromatic heterocycles. The van der Waals surface area contributed by atoms with Crippen LogP contribution < -0.4 is 32.7 Å². The second-order valence-corrected chi connectivity index (χ2v) is 7.25. The number of para-hydroxylation sites is 2. The van der Waals surface area contributed by atoms with Crippen molar-refractivity contribution in [2.45, 2.75) is 0 Å². The lowest BCUT2D eigenvalue weighted by molar-refractivity contribution is 0.401. The molecule has 4 rings (SSSR count). The van der Waals surface area contributed by atoms with E-state index in [1.807, 2.05) is 0 Å². The number of nitrogens with one attached hydrogen (secondary N) is 2. The van der Waals surface area contributed by atoms with Crippen molar-refractivity contribution in [1.82, 2.24) is 28.2 Å². The number of aryl methyl sites for hydroxylation is 2. The molecule has 0 aliphatic heterocycles. The summed E-state index contributed by atoms with van der Waals surface area (Å²) >= 11 is 0. The zero-order chi connectivity index (χ0) is 24.7. The number of H-pyrrole nitrogens is 1. The first-order valence-electron chi connectivity index (χ1n) is 9.80. The highest BCUT2D eigenvalue weighted by molar-refractivity contribution is 5.83. The van der Waals surface area contributed by atoms with Crippen molar-refractivity contribution in [2.75, 3.05) is 12.5 Å². The number of anilines is 1. The van der Waals surface area contributed by atoms with Crippen LogP contribution >= 0.6 is 0 Å². The fourth-order valence-corrected chi connectivity index (χ4v) is 3.47. The van der Waals surface area contributed by atoms with Crippen molar-refractivity contribution in [3.05, 3.63) is 71.5 Å². The predicted octanol–water partition coefficient (Wildman–Crippen LogP) is -1.03. The number of methoxy groups -OCH3 is 1. The predicted molar refractivity (Wildman–Crippen MR) is 123 cm³/mol. The number of hydrazone groups is 1. The highest BCUT2D eigenvalue weighted by Gasteiger charge is 2.18. The molecule has 0 unspecified atom stereocenters. The van der Waals surface area contributed by atoms with E-state index in [1.54, 1.807) is 25.2 Å². The number of aromatic amines is 1. The van der Waals surface area contributed by atoms with E-state index in [-0.39, 0.29) is 28.4 Å². The van der Waals surface area contributed by atoms with Crippen LogP contribution in [0.1, 0.15) is 5.56 Å². The minimum absolute atomic E-state index is 0.0959. The Bertz CT molecular complexity index is 1700. The third-order valence-electron chi connectivity index (χ3n) is 5.28. The molecular weight excluding hydrogens is 448 g/mol. The van der Waals surface area contributed by atoms with Crippen molar-refractivity contribution in [1.29, 1.82) is 0 Å². The van der Waals surface area contributed by atoms with Crippen LogP contribution in [-0.4, -0.2) is 46.7 Å². The summed E-state index contributed by atoms with van der Waals surface area (Å²) in [6.07, 6.45) is 0.996.